The van der Waals surface area contributed by atoms with Crippen LogP contribution < -0.4 is 5.32 Å². The van der Waals surface area contributed by atoms with Gasteiger partial charge in [0.2, 0.25) is 5.91 Å². The molecule has 24 heavy (non-hydrogen) atoms. The molecule has 0 radical (unpaired) electrons. The summed E-state index contributed by atoms with van der Waals surface area (Å²) in [6.07, 6.45) is 0.460. The zero-order valence-electron chi connectivity index (χ0n) is 13.6. The van der Waals surface area contributed by atoms with Gasteiger partial charge in [-0.1, -0.05) is 12.1 Å². The van der Waals surface area contributed by atoms with E-state index < -0.39 is 0 Å². The maximum absolute atomic E-state index is 12.5. The molecule has 2 aromatic rings. The smallest absolute Gasteiger partial charge is 0.227 e. The van der Waals surface area contributed by atoms with Crippen LogP contribution in [0.2, 0.25) is 0 Å². The van der Waals surface area contributed by atoms with Crippen molar-refractivity contribution < 1.29 is 4.79 Å². The molecule has 7 nitrogen and oxygen atoms in total. The predicted octanol–water partition coefficient (Wildman–Crippen LogP) is 0.613. The van der Waals surface area contributed by atoms with Crippen LogP contribution in [-0.4, -0.2) is 57.2 Å². The highest BCUT2D eigenvalue weighted by atomic mass is 35.5. The predicted molar refractivity (Wildman–Crippen MR) is 91.3 cm³/mol. The molecule has 0 unspecified atom stereocenters. The van der Waals surface area contributed by atoms with Crippen molar-refractivity contribution in [3.63, 3.8) is 0 Å². The first-order chi connectivity index (χ1) is 11.2. The Bertz CT molecular complexity index is 704. The Labute approximate surface area is 146 Å². The maximum atomic E-state index is 12.5. The molecule has 3 heterocycles. The highest BCUT2D eigenvalue weighted by molar-refractivity contribution is 5.85. The van der Waals surface area contributed by atoms with Crippen LogP contribution in [0.3, 0.4) is 0 Å². The quantitative estimate of drug-likeness (QED) is 0.879. The molecule has 2 saturated heterocycles. The molecule has 0 saturated carbocycles. The van der Waals surface area contributed by atoms with E-state index in [0.717, 1.165) is 43.3 Å². The Hall–Kier alpha value is -1.99. The van der Waals surface area contributed by atoms with E-state index in [1.54, 1.807) is 4.68 Å². The summed E-state index contributed by atoms with van der Waals surface area (Å²) in [5.74, 6) is 2.25. The van der Waals surface area contributed by atoms with Gasteiger partial charge in [-0.3, -0.25) is 4.79 Å². The molecular weight excluding hydrogens is 328 g/mol. The molecule has 1 N–H and O–H groups in total. The number of nitrogens with zero attached hydrogens (tertiary/aromatic N) is 5. The molecule has 8 heteroatoms. The van der Waals surface area contributed by atoms with Gasteiger partial charge in [0, 0.05) is 26.2 Å². The number of benzene rings is 1. The van der Waals surface area contributed by atoms with Gasteiger partial charge in [0.05, 0.1) is 12.1 Å². The molecule has 0 aliphatic carbocycles. The van der Waals surface area contributed by atoms with E-state index in [1.807, 2.05) is 36.1 Å². The fourth-order valence-corrected chi connectivity index (χ4v) is 3.57. The number of nitrogens with one attached hydrogen (secondary N) is 1. The minimum Gasteiger partial charge on any atom is -0.342 e. The van der Waals surface area contributed by atoms with Crippen LogP contribution in [0.1, 0.15) is 11.4 Å². The largest absolute Gasteiger partial charge is 0.342 e. The standard InChI is InChI=1S/C16H20N6O.ClH/c1-11-18-19-20-22(11)15-4-2-12(3-5-15)6-16(23)21-9-13-7-17-8-14(13)10-21;/h2-5,13-14,17H,6-10H2,1H3;1H/t13-,14+;. The van der Waals surface area contributed by atoms with Crippen LogP contribution in [0.15, 0.2) is 24.3 Å². The van der Waals surface area contributed by atoms with E-state index >= 15 is 0 Å². The van der Waals surface area contributed by atoms with E-state index in [0.29, 0.717) is 18.3 Å². The number of carbonyl (C=O) groups is 1. The third kappa shape index (κ3) is 3.14. The number of hydrogen-bond donors (Lipinski definition) is 1. The normalized spacial score (nSPS) is 22.3. The van der Waals surface area contributed by atoms with Gasteiger partial charge in [-0.05, 0) is 46.9 Å². The van der Waals surface area contributed by atoms with Crippen molar-refractivity contribution in [1.82, 2.24) is 30.4 Å². The summed E-state index contributed by atoms with van der Waals surface area (Å²) >= 11 is 0. The topological polar surface area (TPSA) is 75.9 Å². The highest BCUT2D eigenvalue weighted by Gasteiger charge is 2.37. The second-order valence-electron chi connectivity index (χ2n) is 6.46. The molecule has 2 fully saturated rings. The summed E-state index contributed by atoms with van der Waals surface area (Å²) in [5.41, 5.74) is 1.94. The number of rotatable bonds is 3. The van der Waals surface area contributed by atoms with Crippen molar-refractivity contribution in [3.05, 3.63) is 35.7 Å². The molecule has 0 bridgehead atoms. The van der Waals surface area contributed by atoms with Gasteiger partial charge in [-0.2, -0.15) is 4.68 Å². The summed E-state index contributed by atoms with van der Waals surface area (Å²) in [4.78, 5) is 14.5. The van der Waals surface area contributed by atoms with Gasteiger partial charge < -0.3 is 10.2 Å². The average Bonchev–Trinajstić information content (AvgIpc) is 3.23. The van der Waals surface area contributed by atoms with Crippen LogP contribution in [0.5, 0.6) is 0 Å². The lowest BCUT2D eigenvalue weighted by molar-refractivity contribution is -0.129. The molecular formula is C16H21ClN6O. The molecule has 0 spiro atoms. The van der Waals surface area contributed by atoms with Crippen molar-refractivity contribution in [2.45, 2.75) is 13.3 Å². The Morgan fingerprint density at radius 3 is 2.46 bits per heavy atom. The monoisotopic (exact) mass is 348 g/mol. The molecule has 1 amide bonds. The number of aryl methyl sites for hydroxylation is 1. The van der Waals surface area contributed by atoms with Crippen molar-refractivity contribution >= 4 is 18.3 Å². The summed E-state index contributed by atoms with van der Waals surface area (Å²) < 4.78 is 1.68. The summed E-state index contributed by atoms with van der Waals surface area (Å²) in [5, 5.41) is 14.9. The second kappa shape index (κ2) is 6.86. The van der Waals surface area contributed by atoms with Crippen molar-refractivity contribution in [3.8, 4) is 5.69 Å². The number of hydrogen-bond acceptors (Lipinski definition) is 5. The van der Waals surface area contributed by atoms with Crippen LogP contribution >= 0.6 is 12.4 Å². The van der Waals surface area contributed by atoms with E-state index in [-0.39, 0.29) is 18.3 Å². The zero-order valence-corrected chi connectivity index (χ0v) is 14.4. The van der Waals surface area contributed by atoms with E-state index in [9.17, 15) is 4.79 Å². The minimum absolute atomic E-state index is 0. The molecule has 4 rings (SSSR count). The number of amides is 1. The van der Waals surface area contributed by atoms with Gasteiger partial charge in [0.25, 0.3) is 0 Å². The van der Waals surface area contributed by atoms with E-state index in [4.69, 9.17) is 0 Å². The lowest BCUT2D eigenvalue weighted by Gasteiger charge is -2.17. The second-order valence-corrected chi connectivity index (χ2v) is 6.46. The van der Waals surface area contributed by atoms with Crippen LogP contribution in [0.25, 0.3) is 5.69 Å². The van der Waals surface area contributed by atoms with Crippen molar-refractivity contribution in [2.24, 2.45) is 11.8 Å². The number of aromatic nitrogens is 4. The molecule has 2 aliphatic rings. The fourth-order valence-electron chi connectivity index (χ4n) is 3.57. The lowest BCUT2D eigenvalue weighted by atomic mass is 10.0. The van der Waals surface area contributed by atoms with Crippen LogP contribution in [-0.2, 0) is 11.2 Å². The number of likely N-dealkylation sites (tertiary alicyclic amines) is 1. The van der Waals surface area contributed by atoms with Crippen LogP contribution in [0.4, 0.5) is 0 Å². The lowest BCUT2D eigenvalue weighted by Crippen LogP contribution is -2.32. The Kier molecular flexibility index (Phi) is 4.82. The number of halogens is 1. The molecule has 2 aliphatic heterocycles. The third-order valence-corrected chi connectivity index (χ3v) is 4.90. The molecule has 128 valence electrons. The van der Waals surface area contributed by atoms with Crippen molar-refractivity contribution in [2.75, 3.05) is 26.2 Å². The summed E-state index contributed by atoms with van der Waals surface area (Å²) in [7, 11) is 0. The maximum Gasteiger partial charge on any atom is 0.227 e. The van der Waals surface area contributed by atoms with Gasteiger partial charge in [-0.15, -0.1) is 17.5 Å². The Balaban J connectivity index is 0.00000169. The Morgan fingerprint density at radius 2 is 1.88 bits per heavy atom. The molecule has 1 aromatic carbocycles. The van der Waals surface area contributed by atoms with Crippen LogP contribution in [0, 0.1) is 18.8 Å². The SMILES string of the molecule is Cc1nnnn1-c1ccc(CC(=O)N2C[C@H]3CNC[C@H]3C2)cc1.Cl. The van der Waals surface area contributed by atoms with Gasteiger partial charge in [-0.25, -0.2) is 0 Å². The molecule has 2 atom stereocenters. The van der Waals surface area contributed by atoms with Gasteiger partial charge in [0.15, 0.2) is 5.82 Å². The number of carbonyl (C=O) groups excluding carboxylic acids is 1. The molecule has 1 aromatic heterocycles. The average molecular weight is 349 g/mol. The van der Waals surface area contributed by atoms with E-state index in [1.165, 1.54) is 0 Å². The third-order valence-electron chi connectivity index (χ3n) is 4.90. The number of tetrazole rings is 1. The highest BCUT2D eigenvalue weighted by Crippen LogP contribution is 2.26. The Morgan fingerprint density at radius 1 is 1.21 bits per heavy atom. The zero-order chi connectivity index (χ0) is 15.8. The first-order valence-electron chi connectivity index (χ1n) is 8.03. The number of fused-ring (bicyclic) bond motifs is 1. The summed E-state index contributed by atoms with van der Waals surface area (Å²) in [6.45, 7) is 5.76. The summed E-state index contributed by atoms with van der Waals surface area (Å²) in [6, 6.07) is 7.86. The first-order valence-corrected chi connectivity index (χ1v) is 8.03. The van der Waals surface area contributed by atoms with Gasteiger partial charge in [0.1, 0.15) is 0 Å². The first kappa shape index (κ1) is 16.9. The van der Waals surface area contributed by atoms with E-state index in [2.05, 4.69) is 20.8 Å². The van der Waals surface area contributed by atoms with Gasteiger partial charge >= 0.3 is 0 Å². The van der Waals surface area contributed by atoms with Crippen molar-refractivity contribution in [1.29, 1.82) is 0 Å². The fraction of sp³-hybridized carbons (Fsp3) is 0.500. The minimum atomic E-state index is 0.